The summed E-state index contributed by atoms with van der Waals surface area (Å²) in [6, 6.07) is 12.9. The molecule has 0 aliphatic carbocycles. The predicted molar refractivity (Wildman–Crippen MR) is 113 cm³/mol. The number of sulfonamides is 1. The zero-order chi connectivity index (χ0) is 21.6. The van der Waals surface area contributed by atoms with E-state index >= 15 is 0 Å². The van der Waals surface area contributed by atoms with Crippen molar-refractivity contribution in [3.05, 3.63) is 59.7 Å². The van der Waals surface area contributed by atoms with Crippen LogP contribution < -0.4 is 5.32 Å². The van der Waals surface area contributed by atoms with Crippen LogP contribution in [0.15, 0.2) is 53.4 Å². The first kappa shape index (κ1) is 22.6. The lowest BCUT2D eigenvalue weighted by Gasteiger charge is -2.18. The van der Waals surface area contributed by atoms with E-state index in [0.29, 0.717) is 30.8 Å². The van der Waals surface area contributed by atoms with Crippen LogP contribution in [-0.4, -0.2) is 56.6 Å². The van der Waals surface area contributed by atoms with Crippen LogP contribution >= 0.6 is 0 Å². The van der Waals surface area contributed by atoms with E-state index in [1.807, 2.05) is 0 Å². The fourth-order valence-corrected chi connectivity index (χ4v) is 4.19. The van der Waals surface area contributed by atoms with Crippen LogP contribution in [0.5, 0.6) is 0 Å². The highest BCUT2D eigenvalue weighted by molar-refractivity contribution is 7.89. The molecular formula is C21H27N3O4S. The predicted octanol–water partition coefficient (Wildman–Crippen LogP) is 2.60. The molecule has 8 heteroatoms. The van der Waals surface area contributed by atoms with Gasteiger partial charge in [-0.3, -0.25) is 9.59 Å². The van der Waals surface area contributed by atoms with Crippen LogP contribution in [0, 0.1) is 0 Å². The zero-order valence-electron chi connectivity index (χ0n) is 17.2. The Morgan fingerprint density at radius 3 is 1.93 bits per heavy atom. The van der Waals surface area contributed by atoms with Gasteiger partial charge in [0.05, 0.1) is 11.3 Å². The highest BCUT2D eigenvalue weighted by Gasteiger charge is 2.21. The SMILES string of the molecule is CCN(CC)S(=O)(=O)c1ccc(C(=O)Nc2ccc(CC(=O)N(C)C)cc2)cc1. The number of anilines is 1. The van der Waals surface area contributed by atoms with Gasteiger partial charge in [0.15, 0.2) is 0 Å². The molecule has 2 rings (SSSR count). The van der Waals surface area contributed by atoms with Crippen LogP contribution in [0.4, 0.5) is 5.69 Å². The van der Waals surface area contributed by atoms with E-state index in [0.717, 1.165) is 5.56 Å². The number of hydrogen-bond donors (Lipinski definition) is 1. The van der Waals surface area contributed by atoms with Crippen molar-refractivity contribution in [2.45, 2.75) is 25.2 Å². The Kier molecular flexibility index (Phi) is 7.53. The molecule has 29 heavy (non-hydrogen) atoms. The lowest BCUT2D eigenvalue weighted by Crippen LogP contribution is -2.30. The highest BCUT2D eigenvalue weighted by atomic mass is 32.2. The average Bonchev–Trinajstić information content (AvgIpc) is 2.70. The number of hydrogen-bond acceptors (Lipinski definition) is 4. The van der Waals surface area contributed by atoms with Gasteiger partial charge in [-0.2, -0.15) is 4.31 Å². The number of nitrogens with zero attached hydrogens (tertiary/aromatic N) is 2. The maximum atomic E-state index is 12.5. The minimum Gasteiger partial charge on any atom is -0.349 e. The molecule has 0 bridgehead atoms. The van der Waals surface area contributed by atoms with Crippen LogP contribution in [0.25, 0.3) is 0 Å². The van der Waals surface area contributed by atoms with Gasteiger partial charge in [-0.25, -0.2) is 8.42 Å². The molecule has 0 aliphatic rings. The highest BCUT2D eigenvalue weighted by Crippen LogP contribution is 2.17. The smallest absolute Gasteiger partial charge is 0.255 e. The van der Waals surface area contributed by atoms with Gasteiger partial charge in [0.2, 0.25) is 15.9 Å². The molecule has 2 aromatic carbocycles. The molecule has 2 aromatic rings. The van der Waals surface area contributed by atoms with Crippen molar-refractivity contribution in [1.82, 2.24) is 9.21 Å². The molecule has 0 atom stereocenters. The Morgan fingerprint density at radius 2 is 1.45 bits per heavy atom. The summed E-state index contributed by atoms with van der Waals surface area (Å²) >= 11 is 0. The van der Waals surface area contributed by atoms with E-state index in [9.17, 15) is 18.0 Å². The Bertz CT molecular complexity index is 948. The number of carbonyl (C=O) groups is 2. The second-order valence-electron chi connectivity index (χ2n) is 6.73. The Balaban J connectivity index is 2.07. The average molecular weight is 418 g/mol. The number of amides is 2. The van der Waals surface area contributed by atoms with Crippen molar-refractivity contribution < 1.29 is 18.0 Å². The summed E-state index contributed by atoms with van der Waals surface area (Å²) < 4.78 is 26.4. The molecule has 0 spiro atoms. The van der Waals surface area contributed by atoms with Crippen molar-refractivity contribution >= 4 is 27.5 Å². The van der Waals surface area contributed by atoms with Crippen molar-refractivity contribution in [2.75, 3.05) is 32.5 Å². The van der Waals surface area contributed by atoms with E-state index < -0.39 is 10.0 Å². The molecule has 0 radical (unpaired) electrons. The first-order valence-corrected chi connectivity index (χ1v) is 10.8. The van der Waals surface area contributed by atoms with E-state index in [2.05, 4.69) is 5.32 Å². The standard InChI is InChI=1S/C21H27N3O4S/c1-5-24(6-2)29(27,28)19-13-9-17(10-14-19)21(26)22-18-11-7-16(8-12-18)15-20(25)23(3)4/h7-14H,5-6,15H2,1-4H3,(H,22,26). The maximum absolute atomic E-state index is 12.5. The number of likely N-dealkylation sites (N-methyl/N-ethyl adjacent to an activating group) is 1. The zero-order valence-corrected chi connectivity index (χ0v) is 18.0. The molecule has 2 amide bonds. The third kappa shape index (κ3) is 5.65. The minimum absolute atomic E-state index is 0.00143. The van der Waals surface area contributed by atoms with E-state index in [4.69, 9.17) is 0 Å². The third-order valence-electron chi connectivity index (χ3n) is 4.53. The number of benzene rings is 2. The van der Waals surface area contributed by atoms with Gasteiger partial charge in [0.1, 0.15) is 0 Å². The van der Waals surface area contributed by atoms with Gasteiger partial charge in [0, 0.05) is 38.4 Å². The lowest BCUT2D eigenvalue weighted by atomic mass is 10.1. The van der Waals surface area contributed by atoms with Gasteiger partial charge in [-0.15, -0.1) is 0 Å². The number of carbonyl (C=O) groups excluding carboxylic acids is 2. The minimum atomic E-state index is -3.55. The van der Waals surface area contributed by atoms with Gasteiger partial charge in [-0.05, 0) is 42.0 Å². The third-order valence-corrected chi connectivity index (χ3v) is 6.59. The summed E-state index contributed by atoms with van der Waals surface area (Å²) in [7, 11) is -0.145. The molecule has 0 saturated carbocycles. The first-order chi connectivity index (χ1) is 13.7. The maximum Gasteiger partial charge on any atom is 0.255 e. The van der Waals surface area contributed by atoms with Crippen molar-refractivity contribution in [1.29, 1.82) is 0 Å². The first-order valence-electron chi connectivity index (χ1n) is 9.39. The van der Waals surface area contributed by atoms with E-state index in [1.165, 1.54) is 33.5 Å². The van der Waals surface area contributed by atoms with Gasteiger partial charge in [0.25, 0.3) is 5.91 Å². The Hall–Kier alpha value is -2.71. The second-order valence-corrected chi connectivity index (χ2v) is 8.67. The summed E-state index contributed by atoms with van der Waals surface area (Å²) in [6.45, 7) is 4.34. The summed E-state index contributed by atoms with van der Waals surface area (Å²) in [6.07, 6.45) is 0.295. The summed E-state index contributed by atoms with van der Waals surface area (Å²) in [5, 5.41) is 2.77. The molecule has 0 saturated heterocycles. The largest absolute Gasteiger partial charge is 0.349 e. The van der Waals surface area contributed by atoms with Gasteiger partial charge >= 0.3 is 0 Å². The Morgan fingerprint density at radius 1 is 0.897 bits per heavy atom. The topological polar surface area (TPSA) is 86.8 Å². The van der Waals surface area contributed by atoms with E-state index in [-0.39, 0.29) is 16.7 Å². The summed E-state index contributed by atoms with van der Waals surface area (Å²) in [4.78, 5) is 25.9. The summed E-state index contributed by atoms with van der Waals surface area (Å²) in [5.74, 6) is -0.338. The number of nitrogens with one attached hydrogen (secondary N) is 1. The molecule has 7 nitrogen and oxygen atoms in total. The molecule has 0 aromatic heterocycles. The van der Waals surface area contributed by atoms with E-state index in [1.54, 1.807) is 52.2 Å². The fourth-order valence-electron chi connectivity index (χ4n) is 2.73. The molecule has 1 N–H and O–H groups in total. The van der Waals surface area contributed by atoms with Crippen LogP contribution in [0.1, 0.15) is 29.8 Å². The molecule has 0 aliphatic heterocycles. The second kappa shape index (κ2) is 9.67. The number of rotatable bonds is 8. The van der Waals surface area contributed by atoms with Crippen molar-refractivity contribution in [2.24, 2.45) is 0 Å². The molecule has 0 fully saturated rings. The van der Waals surface area contributed by atoms with Crippen LogP contribution in [0.2, 0.25) is 0 Å². The fraction of sp³-hybridized carbons (Fsp3) is 0.333. The van der Waals surface area contributed by atoms with Gasteiger partial charge in [-0.1, -0.05) is 26.0 Å². The van der Waals surface area contributed by atoms with Gasteiger partial charge < -0.3 is 10.2 Å². The van der Waals surface area contributed by atoms with Crippen molar-refractivity contribution in [3.63, 3.8) is 0 Å². The normalized spacial score (nSPS) is 11.3. The Labute approximate surface area is 172 Å². The lowest BCUT2D eigenvalue weighted by molar-refractivity contribution is -0.127. The van der Waals surface area contributed by atoms with Crippen molar-refractivity contribution in [3.8, 4) is 0 Å². The molecule has 156 valence electrons. The van der Waals surface area contributed by atoms with Crippen LogP contribution in [0.3, 0.4) is 0 Å². The van der Waals surface area contributed by atoms with Crippen LogP contribution in [-0.2, 0) is 21.2 Å². The quantitative estimate of drug-likeness (QED) is 0.715. The molecule has 0 heterocycles. The summed E-state index contributed by atoms with van der Waals surface area (Å²) in [5.41, 5.74) is 1.80. The molecular weight excluding hydrogens is 390 g/mol. The monoisotopic (exact) mass is 417 g/mol. The molecule has 0 unspecified atom stereocenters.